The van der Waals surface area contributed by atoms with Gasteiger partial charge in [-0.05, 0) is 17.2 Å². The molecule has 2 atom stereocenters. The lowest BCUT2D eigenvalue weighted by Gasteiger charge is -2.28. The largest absolute Gasteiger partial charge is 0.493 e. The summed E-state index contributed by atoms with van der Waals surface area (Å²) in [6.45, 7) is 1.68. The molecule has 0 aliphatic heterocycles. The molecule has 0 spiro atoms. The number of carbonyl (C=O) groups excluding carboxylic acids is 1. The Kier molecular flexibility index (Phi) is 5.96. The van der Waals surface area contributed by atoms with E-state index in [4.69, 9.17) is 9.47 Å². The number of ketones is 1. The van der Waals surface area contributed by atoms with Crippen LogP contribution in [0.4, 0.5) is 17.6 Å². The lowest BCUT2D eigenvalue weighted by molar-refractivity contribution is -0.127. The molecule has 1 aliphatic carbocycles. The van der Waals surface area contributed by atoms with Crippen molar-refractivity contribution in [3.8, 4) is 11.5 Å². The first-order valence-corrected chi connectivity index (χ1v) is 9.05. The zero-order chi connectivity index (χ0) is 21.2. The molecule has 0 saturated heterocycles. The van der Waals surface area contributed by atoms with Crippen LogP contribution in [0.15, 0.2) is 54.1 Å². The minimum Gasteiger partial charge on any atom is -0.493 e. The van der Waals surface area contributed by atoms with Crippen LogP contribution in [0.3, 0.4) is 0 Å². The number of carbonyl (C=O) groups is 1. The molecule has 154 valence electrons. The van der Waals surface area contributed by atoms with E-state index in [2.05, 4.69) is 0 Å². The molecule has 0 amide bonds. The number of ether oxygens (including phenoxy) is 2. The van der Waals surface area contributed by atoms with Gasteiger partial charge >= 0.3 is 6.18 Å². The van der Waals surface area contributed by atoms with Gasteiger partial charge in [-0.1, -0.05) is 43.3 Å². The molecule has 0 saturated carbocycles. The third-order valence-corrected chi connectivity index (χ3v) is 5.04. The van der Waals surface area contributed by atoms with Crippen molar-refractivity contribution in [3.63, 3.8) is 0 Å². The van der Waals surface area contributed by atoms with E-state index in [1.807, 2.05) is 30.3 Å². The second-order valence-electron chi connectivity index (χ2n) is 6.95. The van der Waals surface area contributed by atoms with Gasteiger partial charge in [0.15, 0.2) is 11.5 Å². The molecule has 2 aromatic carbocycles. The zero-order valence-corrected chi connectivity index (χ0v) is 15.9. The van der Waals surface area contributed by atoms with Gasteiger partial charge in [-0.3, -0.25) is 4.79 Å². The number of halogens is 4. The molecule has 3 nitrogen and oxygen atoms in total. The first-order chi connectivity index (χ1) is 13.7. The van der Waals surface area contributed by atoms with Crippen molar-refractivity contribution in [2.45, 2.75) is 32.0 Å². The van der Waals surface area contributed by atoms with Gasteiger partial charge in [0, 0.05) is 29.9 Å². The Balaban J connectivity index is 1.94. The van der Waals surface area contributed by atoms with Crippen molar-refractivity contribution >= 4 is 5.78 Å². The highest BCUT2D eigenvalue weighted by Gasteiger charge is 2.41. The SMILES string of the molecule is COc1cc(C2C=C(C(F)(F)F)CC(=O)C2C)c(F)cc1OCc1ccccc1. The molecular weight excluding hydrogens is 388 g/mol. The Morgan fingerprint density at radius 3 is 2.41 bits per heavy atom. The van der Waals surface area contributed by atoms with Crippen LogP contribution in [0.5, 0.6) is 11.5 Å². The van der Waals surface area contributed by atoms with Crippen molar-refractivity contribution in [1.82, 2.24) is 0 Å². The lowest BCUT2D eigenvalue weighted by Crippen LogP contribution is -2.29. The van der Waals surface area contributed by atoms with Crippen LogP contribution < -0.4 is 9.47 Å². The minimum absolute atomic E-state index is 0.0313. The van der Waals surface area contributed by atoms with Crippen LogP contribution in [-0.4, -0.2) is 19.1 Å². The second kappa shape index (κ2) is 8.27. The van der Waals surface area contributed by atoms with E-state index >= 15 is 0 Å². The van der Waals surface area contributed by atoms with E-state index in [9.17, 15) is 22.4 Å². The van der Waals surface area contributed by atoms with Crippen LogP contribution in [0, 0.1) is 11.7 Å². The van der Waals surface area contributed by atoms with Crippen LogP contribution in [0.2, 0.25) is 0 Å². The lowest BCUT2D eigenvalue weighted by atomic mass is 9.77. The number of benzene rings is 2. The fraction of sp³-hybridized carbons (Fsp3) is 0.318. The van der Waals surface area contributed by atoms with E-state index in [0.717, 1.165) is 17.7 Å². The Morgan fingerprint density at radius 1 is 1.10 bits per heavy atom. The number of hydrogen-bond donors (Lipinski definition) is 0. The summed E-state index contributed by atoms with van der Waals surface area (Å²) in [6.07, 6.45) is -4.39. The first-order valence-electron chi connectivity index (χ1n) is 9.05. The Morgan fingerprint density at radius 2 is 1.79 bits per heavy atom. The maximum Gasteiger partial charge on any atom is 0.412 e. The summed E-state index contributed by atoms with van der Waals surface area (Å²) in [5.41, 5.74) is -0.118. The fourth-order valence-electron chi connectivity index (χ4n) is 3.34. The van der Waals surface area contributed by atoms with E-state index < -0.39 is 41.6 Å². The summed E-state index contributed by atoms with van der Waals surface area (Å²) in [4.78, 5) is 12.1. The minimum atomic E-state index is -4.63. The molecule has 0 aromatic heterocycles. The fourth-order valence-corrected chi connectivity index (χ4v) is 3.34. The number of hydrogen-bond acceptors (Lipinski definition) is 3. The quantitative estimate of drug-likeness (QED) is 0.478. The molecule has 2 aromatic rings. The summed E-state index contributed by atoms with van der Waals surface area (Å²) in [7, 11) is 1.36. The van der Waals surface area contributed by atoms with Crippen molar-refractivity contribution in [1.29, 1.82) is 0 Å². The van der Waals surface area contributed by atoms with E-state index in [-0.39, 0.29) is 23.7 Å². The standard InChI is InChI=1S/C22H20F4O3/c1-13-16(8-15(9-19(13)27)22(24,25)26)17-10-20(28-2)21(11-18(17)23)29-12-14-6-4-3-5-7-14/h3-8,10-11,13,16H,9,12H2,1-2H3. The first kappa shape index (κ1) is 20.9. The molecular formula is C22H20F4O3. The molecule has 0 fully saturated rings. The van der Waals surface area contributed by atoms with Gasteiger partial charge in [0.2, 0.25) is 0 Å². The molecule has 3 rings (SSSR count). The summed E-state index contributed by atoms with van der Waals surface area (Å²) in [6, 6.07) is 11.6. The number of rotatable bonds is 5. The summed E-state index contributed by atoms with van der Waals surface area (Å²) in [5.74, 6) is -2.83. The highest BCUT2D eigenvalue weighted by Crippen LogP contribution is 2.43. The van der Waals surface area contributed by atoms with Gasteiger partial charge in [0.25, 0.3) is 0 Å². The molecule has 0 bridgehead atoms. The van der Waals surface area contributed by atoms with Gasteiger partial charge < -0.3 is 9.47 Å². The monoisotopic (exact) mass is 408 g/mol. The summed E-state index contributed by atoms with van der Waals surface area (Å²) >= 11 is 0. The molecule has 0 radical (unpaired) electrons. The van der Waals surface area contributed by atoms with Gasteiger partial charge in [0.05, 0.1) is 7.11 Å². The zero-order valence-electron chi connectivity index (χ0n) is 15.9. The topological polar surface area (TPSA) is 35.5 Å². The number of methoxy groups -OCH3 is 1. The number of Topliss-reactive ketones (excluding diaryl/α,β-unsaturated/α-hetero) is 1. The average molecular weight is 408 g/mol. The molecule has 0 N–H and O–H groups in total. The predicted molar refractivity (Wildman–Crippen MR) is 99.4 cm³/mol. The summed E-state index contributed by atoms with van der Waals surface area (Å²) < 4.78 is 65.2. The third kappa shape index (κ3) is 4.60. The van der Waals surface area contributed by atoms with Crippen LogP contribution in [0.1, 0.15) is 30.4 Å². The molecule has 1 aliphatic rings. The Hall–Kier alpha value is -2.83. The highest BCUT2D eigenvalue weighted by molar-refractivity contribution is 5.86. The molecule has 0 heterocycles. The van der Waals surface area contributed by atoms with Crippen molar-refractivity contribution in [2.24, 2.45) is 5.92 Å². The molecule has 29 heavy (non-hydrogen) atoms. The summed E-state index contributed by atoms with van der Waals surface area (Å²) in [5, 5.41) is 0. The second-order valence-corrected chi connectivity index (χ2v) is 6.95. The van der Waals surface area contributed by atoms with Crippen LogP contribution in [-0.2, 0) is 11.4 Å². The Labute approximate surface area is 165 Å². The van der Waals surface area contributed by atoms with Gasteiger partial charge in [-0.25, -0.2) is 4.39 Å². The number of allylic oxidation sites excluding steroid dienone is 2. The van der Waals surface area contributed by atoms with E-state index in [0.29, 0.717) is 0 Å². The molecule has 2 unspecified atom stereocenters. The van der Waals surface area contributed by atoms with Gasteiger partial charge in [-0.15, -0.1) is 0 Å². The number of alkyl halides is 3. The van der Waals surface area contributed by atoms with Crippen molar-refractivity contribution in [3.05, 3.63) is 71.1 Å². The average Bonchev–Trinajstić information content (AvgIpc) is 2.68. The normalized spacial score (nSPS) is 19.7. The van der Waals surface area contributed by atoms with Gasteiger partial charge in [0.1, 0.15) is 18.2 Å². The van der Waals surface area contributed by atoms with Crippen molar-refractivity contribution < 1.29 is 31.8 Å². The molecule has 7 heteroatoms. The highest BCUT2D eigenvalue weighted by atomic mass is 19.4. The predicted octanol–water partition coefficient (Wildman–Crippen LogP) is 5.59. The van der Waals surface area contributed by atoms with Crippen LogP contribution in [0.25, 0.3) is 0 Å². The van der Waals surface area contributed by atoms with Crippen LogP contribution >= 0.6 is 0 Å². The maximum absolute atomic E-state index is 14.8. The Bertz CT molecular complexity index is 920. The van der Waals surface area contributed by atoms with E-state index in [1.165, 1.54) is 20.1 Å². The van der Waals surface area contributed by atoms with E-state index in [1.54, 1.807) is 0 Å². The smallest absolute Gasteiger partial charge is 0.412 e. The third-order valence-electron chi connectivity index (χ3n) is 5.04. The van der Waals surface area contributed by atoms with Crippen molar-refractivity contribution in [2.75, 3.05) is 7.11 Å². The van der Waals surface area contributed by atoms with Gasteiger partial charge in [-0.2, -0.15) is 13.2 Å². The maximum atomic E-state index is 14.8.